The van der Waals surface area contributed by atoms with Crippen LogP contribution in [0, 0.1) is 0 Å². The third-order valence-electron chi connectivity index (χ3n) is 3.36. The van der Waals surface area contributed by atoms with Crippen LogP contribution in [0.2, 0.25) is 0 Å². The molecular formula is C27H53N3O9. The molecule has 39 heavy (non-hydrogen) atoms. The average Bonchev–Trinajstić information content (AvgIpc) is 3.30. The van der Waals surface area contributed by atoms with Gasteiger partial charge in [-0.15, -0.1) is 5.10 Å². The average molecular weight is 564 g/mol. The first-order valence-corrected chi connectivity index (χ1v) is 12.0. The summed E-state index contributed by atoms with van der Waals surface area (Å²) in [6.45, 7) is 16.4. The molecular weight excluding hydrogens is 510 g/mol. The van der Waals surface area contributed by atoms with Crippen molar-refractivity contribution >= 4 is 28.6 Å². The molecule has 1 aromatic heterocycles. The predicted octanol–water partition coefficient (Wildman–Crippen LogP) is 3.57. The fourth-order valence-electron chi connectivity index (χ4n) is 1.92. The van der Waals surface area contributed by atoms with E-state index >= 15 is 0 Å². The number of ether oxygens (including phenoxy) is 4. The molecule has 2 aromatic rings. The summed E-state index contributed by atoms with van der Waals surface area (Å²) in [5.74, 6) is -0.332. The van der Waals surface area contributed by atoms with E-state index in [-0.39, 0.29) is 46.2 Å². The molecule has 1 heterocycles. The van der Waals surface area contributed by atoms with Crippen LogP contribution in [0.25, 0.3) is 11.0 Å². The van der Waals surface area contributed by atoms with Crippen molar-refractivity contribution in [2.45, 2.75) is 63.3 Å². The normalized spacial score (nSPS) is 8.74. The summed E-state index contributed by atoms with van der Waals surface area (Å²) in [5.41, 5.74) is 1.32. The maximum Gasteiger partial charge on any atom is 0.360 e. The molecule has 0 unspecified atom stereocenters. The van der Waals surface area contributed by atoms with E-state index in [1.165, 1.54) is 13.8 Å². The molecule has 12 heteroatoms. The lowest BCUT2D eigenvalue weighted by molar-refractivity contribution is -0.150. The number of aliphatic hydroxyl groups is 1. The number of Topliss-reactive ketones (excluding diaryl/α,β-unsaturated/α-hetero) is 2. The molecule has 0 bridgehead atoms. The molecule has 2 rings (SSSR count). The Morgan fingerprint density at radius 2 is 1.13 bits per heavy atom. The lowest BCUT2D eigenvalue weighted by atomic mass is 10.3. The molecule has 0 aliphatic rings. The third kappa shape index (κ3) is 31.3. The highest BCUT2D eigenvalue weighted by Crippen LogP contribution is 2.07. The summed E-state index contributed by atoms with van der Waals surface area (Å²) in [6.07, 6.45) is 0. The Labute approximate surface area is 234 Å². The van der Waals surface area contributed by atoms with Crippen LogP contribution in [0.3, 0.4) is 0 Å². The summed E-state index contributed by atoms with van der Waals surface area (Å²) in [4.78, 5) is 37.5. The summed E-state index contributed by atoms with van der Waals surface area (Å²) >= 11 is 0. The van der Waals surface area contributed by atoms with E-state index in [1.54, 1.807) is 19.1 Å². The first-order chi connectivity index (χ1) is 17.8. The van der Waals surface area contributed by atoms with Crippen molar-refractivity contribution in [1.29, 1.82) is 0 Å². The van der Waals surface area contributed by atoms with Gasteiger partial charge in [0.15, 0.2) is 11.6 Å². The topological polar surface area (TPSA) is 148 Å². The van der Waals surface area contributed by atoms with Crippen LogP contribution in [0.5, 0.6) is 0 Å². The van der Waals surface area contributed by atoms with Crippen molar-refractivity contribution in [3.63, 3.8) is 0 Å². The molecule has 0 aliphatic heterocycles. The first kappa shape index (κ1) is 46.1. The van der Waals surface area contributed by atoms with Crippen molar-refractivity contribution in [1.82, 2.24) is 15.2 Å². The van der Waals surface area contributed by atoms with Crippen LogP contribution < -0.4 is 4.84 Å². The van der Waals surface area contributed by atoms with Crippen LogP contribution in [0.15, 0.2) is 24.3 Å². The van der Waals surface area contributed by atoms with Crippen LogP contribution >= 0.6 is 0 Å². The minimum atomic E-state index is -0.502. The molecule has 1 N–H and O–H groups in total. The Morgan fingerprint density at radius 3 is 1.49 bits per heavy atom. The van der Waals surface area contributed by atoms with Crippen molar-refractivity contribution in [3.8, 4) is 0 Å². The van der Waals surface area contributed by atoms with Gasteiger partial charge < -0.3 is 28.9 Å². The molecule has 230 valence electrons. The number of aromatic nitrogens is 3. The number of nitrogens with zero attached hydrogens (tertiary/aromatic N) is 3. The summed E-state index contributed by atoms with van der Waals surface area (Å²) in [7, 11) is 1.00. The minimum Gasteiger partial charge on any atom is -0.400 e. The standard InChI is InChI=1S/C10H11N3O3.2C5H10O2.C4H10O.CH4O.2CH4/c1-2-15-7-10(14)16-13-9-6-4-3-5-8(9)11-12-13;2*1-3-7-4-5(2)6;1-3-5-4-2;1-2;;/h3-6H,2,7H2,1H3;2*3-4H2,1-2H3;3-4H2,1-2H3;2H,1H3;2*1H4. The highest BCUT2D eigenvalue weighted by molar-refractivity contribution is 5.77. The second kappa shape index (κ2) is 35.2. The van der Waals surface area contributed by atoms with Crippen molar-refractivity contribution in [2.24, 2.45) is 0 Å². The van der Waals surface area contributed by atoms with Crippen molar-refractivity contribution in [3.05, 3.63) is 24.3 Å². The Kier molecular flexibility index (Phi) is 41.6. The van der Waals surface area contributed by atoms with Crippen LogP contribution in [0.4, 0.5) is 0 Å². The van der Waals surface area contributed by atoms with Crippen molar-refractivity contribution in [2.75, 3.05) is 60.0 Å². The van der Waals surface area contributed by atoms with E-state index in [9.17, 15) is 14.4 Å². The van der Waals surface area contributed by atoms with E-state index in [1.807, 2.05) is 39.8 Å². The number of ketones is 2. The molecule has 0 fully saturated rings. The summed E-state index contributed by atoms with van der Waals surface area (Å²) < 4.78 is 19.2. The van der Waals surface area contributed by atoms with E-state index < -0.39 is 5.97 Å². The lowest BCUT2D eigenvalue weighted by Gasteiger charge is -2.02. The largest absolute Gasteiger partial charge is 0.400 e. The van der Waals surface area contributed by atoms with Gasteiger partial charge in [0.1, 0.15) is 30.9 Å². The second-order valence-corrected chi connectivity index (χ2v) is 6.51. The first-order valence-electron chi connectivity index (χ1n) is 12.0. The maximum absolute atomic E-state index is 11.3. The van der Waals surface area contributed by atoms with Gasteiger partial charge in [0, 0.05) is 40.1 Å². The van der Waals surface area contributed by atoms with Gasteiger partial charge in [-0.25, -0.2) is 4.79 Å². The molecule has 0 saturated carbocycles. The van der Waals surface area contributed by atoms with Gasteiger partial charge in [-0.2, -0.15) is 0 Å². The zero-order chi connectivity index (χ0) is 28.9. The monoisotopic (exact) mass is 563 g/mol. The Morgan fingerprint density at radius 1 is 0.718 bits per heavy atom. The summed E-state index contributed by atoms with van der Waals surface area (Å²) in [6, 6.07) is 7.21. The number of hydrogen-bond acceptors (Lipinski definition) is 11. The molecule has 0 radical (unpaired) electrons. The highest BCUT2D eigenvalue weighted by atomic mass is 16.7. The summed E-state index contributed by atoms with van der Waals surface area (Å²) in [5, 5.41) is 14.6. The lowest BCUT2D eigenvalue weighted by Crippen LogP contribution is -2.24. The number of para-hydroxylation sites is 1. The Balaban J connectivity index is -0.000000143. The number of benzene rings is 1. The number of aliphatic hydroxyl groups excluding tert-OH is 1. The number of carbonyl (C=O) groups excluding carboxylic acids is 3. The molecule has 0 aliphatic carbocycles. The number of rotatable bonds is 12. The van der Waals surface area contributed by atoms with Crippen molar-refractivity contribution < 1.29 is 43.3 Å². The Hall–Kier alpha value is -2.77. The fourth-order valence-corrected chi connectivity index (χ4v) is 1.92. The SMILES string of the molecule is C.C.CCOCC.CCOCC(=O)On1nnc2ccccc21.CCOCC(C)=O.CCOCC(C)=O.CO. The van der Waals surface area contributed by atoms with Crippen LogP contribution in [-0.4, -0.2) is 97.8 Å². The molecule has 12 nitrogen and oxygen atoms in total. The predicted molar refractivity (Wildman–Crippen MR) is 154 cm³/mol. The third-order valence-corrected chi connectivity index (χ3v) is 3.36. The minimum absolute atomic E-state index is 0. The van der Waals surface area contributed by atoms with E-state index in [0.29, 0.717) is 30.9 Å². The van der Waals surface area contributed by atoms with Gasteiger partial charge in [-0.05, 0) is 65.8 Å². The van der Waals surface area contributed by atoms with Gasteiger partial charge in [0.05, 0.1) is 0 Å². The van der Waals surface area contributed by atoms with E-state index in [0.717, 1.165) is 25.2 Å². The van der Waals surface area contributed by atoms with E-state index in [4.69, 9.17) is 28.9 Å². The van der Waals surface area contributed by atoms with E-state index in [2.05, 4.69) is 10.3 Å². The fraction of sp³-hybridized carbons (Fsp3) is 0.667. The smallest absolute Gasteiger partial charge is 0.360 e. The molecule has 0 saturated heterocycles. The zero-order valence-corrected chi connectivity index (χ0v) is 23.5. The number of carbonyl (C=O) groups is 3. The van der Waals surface area contributed by atoms with Crippen LogP contribution in [0.1, 0.15) is 63.3 Å². The molecule has 0 spiro atoms. The zero-order valence-electron chi connectivity index (χ0n) is 23.5. The number of hydrogen-bond donors (Lipinski definition) is 1. The second-order valence-electron chi connectivity index (χ2n) is 6.51. The number of fused-ring (bicyclic) bond motifs is 1. The quantitative estimate of drug-likeness (QED) is 0.378. The molecule has 0 amide bonds. The van der Waals surface area contributed by atoms with Gasteiger partial charge in [0.25, 0.3) is 0 Å². The van der Waals surface area contributed by atoms with Gasteiger partial charge in [-0.1, -0.05) is 31.8 Å². The molecule has 0 atom stereocenters. The van der Waals surface area contributed by atoms with Gasteiger partial charge >= 0.3 is 5.97 Å². The van der Waals surface area contributed by atoms with Crippen LogP contribution in [-0.2, 0) is 33.3 Å². The van der Waals surface area contributed by atoms with Gasteiger partial charge in [0.2, 0.25) is 0 Å². The maximum atomic E-state index is 11.3. The van der Waals surface area contributed by atoms with Gasteiger partial charge in [-0.3, -0.25) is 9.59 Å². The molecule has 1 aromatic carbocycles. The highest BCUT2D eigenvalue weighted by Gasteiger charge is 2.09. The Bertz CT molecular complexity index is 795.